The van der Waals surface area contributed by atoms with E-state index in [1.165, 1.54) is 141 Å². The zero-order valence-corrected chi connectivity index (χ0v) is 29.7. The molecule has 0 unspecified atom stereocenters. The summed E-state index contributed by atoms with van der Waals surface area (Å²) in [7, 11) is 0. The van der Waals surface area contributed by atoms with E-state index < -0.39 is 11.9 Å². The Kier molecular flexibility index (Phi) is 41.5. The first-order valence-corrected chi connectivity index (χ1v) is 17.6. The fraction of sp³-hybridized carbons (Fsp3) is 0.944. The fourth-order valence-corrected chi connectivity index (χ4v) is 5.18. The number of aliphatic carboxylic acids is 2. The van der Waals surface area contributed by atoms with Gasteiger partial charge in [0.05, 0.1) is 0 Å². The van der Waals surface area contributed by atoms with Crippen LogP contribution in [0.25, 0.3) is 0 Å². The molecule has 0 saturated heterocycles. The van der Waals surface area contributed by atoms with E-state index in [0.29, 0.717) is 0 Å². The van der Waals surface area contributed by atoms with E-state index in [1.54, 1.807) is 0 Å². The van der Waals surface area contributed by atoms with Crippen LogP contribution in [-0.4, -0.2) is 35.0 Å². The van der Waals surface area contributed by atoms with Gasteiger partial charge in [-0.2, -0.15) is 0 Å². The molecule has 0 atom stereocenters. The van der Waals surface area contributed by atoms with Crippen molar-refractivity contribution in [3.8, 4) is 0 Å². The van der Waals surface area contributed by atoms with Gasteiger partial charge in [0.25, 0.3) is 0 Å². The van der Waals surface area contributed by atoms with Gasteiger partial charge in [0.15, 0.2) is 0 Å². The van der Waals surface area contributed by atoms with Crippen LogP contribution >= 0.6 is 0 Å². The van der Waals surface area contributed by atoms with Crippen LogP contribution in [-0.2, 0) is 9.59 Å². The molecule has 0 amide bonds. The Morgan fingerprint density at radius 2 is 0.537 bits per heavy atom. The molecule has 0 spiro atoms. The summed E-state index contributed by atoms with van der Waals surface area (Å²) in [5, 5.41) is 20.4. The molecule has 0 rings (SSSR count). The zero-order chi connectivity index (χ0) is 30.1. The Hall–Kier alpha value is -0.294. The van der Waals surface area contributed by atoms with Crippen LogP contribution in [0.3, 0.4) is 0 Å². The number of carbonyl (C=O) groups excluding carboxylic acids is 2. The number of hydrogen-bond donors (Lipinski definition) is 0. The van der Waals surface area contributed by atoms with Gasteiger partial charge in [-0.05, 0) is 37.5 Å². The number of rotatable bonds is 30. The maximum atomic E-state index is 10.2. The minimum Gasteiger partial charge on any atom is -0.550 e. The van der Waals surface area contributed by atoms with Crippen LogP contribution in [0.4, 0.5) is 0 Å². The van der Waals surface area contributed by atoms with Crippen LogP contribution in [0, 0.1) is 11.8 Å². The minimum absolute atomic E-state index is 0. The first-order chi connectivity index (χ1) is 19.3. The first-order valence-electron chi connectivity index (χ1n) is 17.6. The van der Waals surface area contributed by atoms with E-state index in [-0.39, 0.29) is 35.9 Å². The molecule has 0 aromatic rings. The largest absolute Gasteiger partial charge is 2.00 e. The SMILES string of the molecule is CC(C)CCCCCCCCCCCCCCC(=O)[O-].CC(C)CCCCCCCCCCCCCCC(=O)[O-].[Mg+2]. The molecule has 0 aromatic carbocycles. The minimum atomic E-state index is -0.904. The van der Waals surface area contributed by atoms with Crippen LogP contribution in [0.5, 0.6) is 0 Å². The van der Waals surface area contributed by atoms with Gasteiger partial charge >= 0.3 is 23.1 Å². The standard InChI is InChI=1S/2C18H36O2.Mg/c2*1-17(2)15-13-11-9-7-5-3-4-6-8-10-12-14-16-18(19)20;/h2*17H,3-16H2,1-2H3,(H,19,20);/q;;+2/p-2. The van der Waals surface area contributed by atoms with Gasteiger partial charge in [0, 0.05) is 11.9 Å². The summed E-state index contributed by atoms with van der Waals surface area (Å²) in [5.74, 6) is -0.0830. The van der Waals surface area contributed by atoms with Crippen molar-refractivity contribution in [2.45, 2.75) is 207 Å². The molecule has 41 heavy (non-hydrogen) atoms. The third-order valence-corrected chi connectivity index (χ3v) is 7.82. The Morgan fingerprint density at radius 3 is 0.707 bits per heavy atom. The molecule has 0 fully saturated rings. The van der Waals surface area contributed by atoms with Crippen LogP contribution < -0.4 is 10.2 Å². The van der Waals surface area contributed by atoms with Gasteiger partial charge < -0.3 is 19.8 Å². The molecule has 0 aliphatic heterocycles. The van der Waals surface area contributed by atoms with Gasteiger partial charge in [-0.1, -0.05) is 182 Å². The number of carboxylic acids is 2. The molecule has 5 heteroatoms. The molecular weight excluding hydrogens is 521 g/mol. The second-order valence-electron chi connectivity index (χ2n) is 13.1. The Balaban J connectivity index is -0.000000688. The molecule has 0 aliphatic carbocycles. The third kappa shape index (κ3) is 49.7. The maximum absolute atomic E-state index is 10.2. The molecule has 0 N–H and O–H groups in total. The number of carbonyl (C=O) groups is 2. The van der Waals surface area contributed by atoms with Crippen LogP contribution in [0.15, 0.2) is 0 Å². The first kappa shape index (κ1) is 45.1. The van der Waals surface area contributed by atoms with Crippen molar-refractivity contribution in [1.29, 1.82) is 0 Å². The average Bonchev–Trinajstić information content (AvgIpc) is 2.88. The van der Waals surface area contributed by atoms with Crippen molar-refractivity contribution >= 4 is 35.0 Å². The van der Waals surface area contributed by atoms with Crippen LogP contribution in [0.2, 0.25) is 0 Å². The van der Waals surface area contributed by atoms with Crippen molar-refractivity contribution in [3.63, 3.8) is 0 Å². The molecule has 0 aliphatic rings. The quantitative estimate of drug-likeness (QED) is 0.0616. The van der Waals surface area contributed by atoms with E-state index in [0.717, 1.165) is 37.5 Å². The smallest absolute Gasteiger partial charge is 0.550 e. The van der Waals surface area contributed by atoms with Crippen molar-refractivity contribution in [2.75, 3.05) is 0 Å². The van der Waals surface area contributed by atoms with Gasteiger partial charge in [-0.25, -0.2) is 0 Å². The zero-order valence-electron chi connectivity index (χ0n) is 28.3. The summed E-state index contributed by atoms with van der Waals surface area (Å²) in [6, 6.07) is 0. The summed E-state index contributed by atoms with van der Waals surface area (Å²) in [6.45, 7) is 9.22. The van der Waals surface area contributed by atoms with Gasteiger partial charge in [-0.15, -0.1) is 0 Å². The van der Waals surface area contributed by atoms with Gasteiger partial charge in [0.1, 0.15) is 0 Å². The molecule has 240 valence electrons. The second-order valence-corrected chi connectivity index (χ2v) is 13.1. The predicted octanol–water partition coefficient (Wildman–Crippen LogP) is 9.33. The predicted molar refractivity (Wildman–Crippen MR) is 175 cm³/mol. The molecular formula is C36H70MgO4. The molecule has 0 radical (unpaired) electrons. The Bertz CT molecular complexity index is 476. The molecule has 0 saturated carbocycles. The number of hydrogen-bond acceptors (Lipinski definition) is 4. The second kappa shape index (κ2) is 37.7. The number of carboxylic acid groups (broad SMARTS) is 2. The van der Waals surface area contributed by atoms with Crippen molar-refractivity contribution in [1.82, 2.24) is 0 Å². The van der Waals surface area contributed by atoms with E-state index in [4.69, 9.17) is 0 Å². The van der Waals surface area contributed by atoms with Crippen molar-refractivity contribution in [2.24, 2.45) is 11.8 Å². The normalized spacial score (nSPS) is 10.9. The Labute approximate surface area is 273 Å². The average molecular weight is 591 g/mol. The monoisotopic (exact) mass is 591 g/mol. The molecule has 4 nitrogen and oxygen atoms in total. The van der Waals surface area contributed by atoms with E-state index in [2.05, 4.69) is 27.7 Å². The summed E-state index contributed by atoms with van der Waals surface area (Å²) in [4.78, 5) is 20.4. The van der Waals surface area contributed by atoms with Crippen LogP contribution in [0.1, 0.15) is 207 Å². The third-order valence-electron chi connectivity index (χ3n) is 7.82. The van der Waals surface area contributed by atoms with Crippen molar-refractivity contribution in [3.05, 3.63) is 0 Å². The van der Waals surface area contributed by atoms with E-state index >= 15 is 0 Å². The maximum Gasteiger partial charge on any atom is 2.00 e. The summed E-state index contributed by atoms with van der Waals surface area (Å²) in [5.41, 5.74) is 0. The fourth-order valence-electron chi connectivity index (χ4n) is 5.18. The molecule has 0 aromatic heterocycles. The molecule has 0 heterocycles. The van der Waals surface area contributed by atoms with E-state index in [9.17, 15) is 19.8 Å². The van der Waals surface area contributed by atoms with Gasteiger partial charge in [0.2, 0.25) is 0 Å². The summed E-state index contributed by atoms with van der Waals surface area (Å²) < 4.78 is 0. The number of unbranched alkanes of at least 4 members (excludes halogenated alkanes) is 22. The van der Waals surface area contributed by atoms with Crippen molar-refractivity contribution < 1.29 is 19.8 Å². The topological polar surface area (TPSA) is 80.3 Å². The summed E-state index contributed by atoms with van der Waals surface area (Å²) >= 11 is 0. The summed E-state index contributed by atoms with van der Waals surface area (Å²) in [6.07, 6.45) is 34.0. The Morgan fingerprint density at radius 1 is 0.366 bits per heavy atom. The molecule has 0 bridgehead atoms. The van der Waals surface area contributed by atoms with Gasteiger partial charge in [-0.3, -0.25) is 0 Å². The van der Waals surface area contributed by atoms with E-state index in [1.807, 2.05) is 0 Å².